The summed E-state index contributed by atoms with van der Waals surface area (Å²) in [6.45, 7) is 3.05. The van der Waals surface area contributed by atoms with Crippen molar-refractivity contribution < 1.29 is 24.2 Å². The molecule has 6 nitrogen and oxygen atoms in total. The number of aliphatic carboxylic acids is 1. The van der Waals surface area contributed by atoms with Gasteiger partial charge in [0.1, 0.15) is 5.75 Å². The molecule has 0 aliphatic carbocycles. The van der Waals surface area contributed by atoms with Gasteiger partial charge in [-0.3, -0.25) is 9.59 Å². The van der Waals surface area contributed by atoms with Crippen molar-refractivity contribution in [2.24, 2.45) is 5.92 Å². The highest BCUT2D eigenvalue weighted by Gasteiger charge is 2.33. The first-order valence-electron chi connectivity index (χ1n) is 7.47. The van der Waals surface area contributed by atoms with Crippen LogP contribution in [0, 0.1) is 5.92 Å². The zero-order valence-corrected chi connectivity index (χ0v) is 12.6. The van der Waals surface area contributed by atoms with E-state index in [1.807, 2.05) is 6.92 Å². The third-order valence-electron chi connectivity index (χ3n) is 3.58. The first kappa shape index (κ1) is 16.3. The molecule has 22 heavy (non-hydrogen) atoms. The summed E-state index contributed by atoms with van der Waals surface area (Å²) in [5.74, 6) is -1.27. The number of hydrogen-bond acceptors (Lipinski definition) is 4. The number of rotatable bonds is 7. The summed E-state index contributed by atoms with van der Waals surface area (Å²) in [5, 5.41) is 11.8. The van der Waals surface area contributed by atoms with Gasteiger partial charge in [-0.05, 0) is 44.0 Å². The van der Waals surface area contributed by atoms with Crippen LogP contribution in [0.3, 0.4) is 0 Å². The van der Waals surface area contributed by atoms with Crippen molar-refractivity contribution >= 4 is 17.6 Å². The molecule has 0 unspecified atom stereocenters. The normalized spacial score (nSPS) is 18.7. The van der Waals surface area contributed by atoms with Gasteiger partial charge in [0, 0.05) is 12.3 Å². The summed E-state index contributed by atoms with van der Waals surface area (Å²) >= 11 is 0. The number of ether oxygens (including phenoxy) is 2. The molecule has 120 valence electrons. The maximum atomic E-state index is 12.4. The maximum absolute atomic E-state index is 12.4. The van der Waals surface area contributed by atoms with Crippen LogP contribution < -0.4 is 10.1 Å². The summed E-state index contributed by atoms with van der Waals surface area (Å²) < 4.78 is 10.8. The quantitative estimate of drug-likeness (QED) is 0.807. The van der Waals surface area contributed by atoms with Crippen molar-refractivity contribution in [3.63, 3.8) is 0 Å². The Labute approximate surface area is 129 Å². The van der Waals surface area contributed by atoms with E-state index >= 15 is 0 Å². The lowest BCUT2D eigenvalue weighted by Gasteiger charge is -2.20. The van der Waals surface area contributed by atoms with E-state index in [9.17, 15) is 9.59 Å². The number of benzene rings is 1. The van der Waals surface area contributed by atoms with Crippen LogP contribution in [0.4, 0.5) is 5.69 Å². The number of anilines is 1. The van der Waals surface area contributed by atoms with E-state index < -0.39 is 11.9 Å². The van der Waals surface area contributed by atoms with Crippen LogP contribution in [-0.4, -0.2) is 36.3 Å². The Morgan fingerprint density at radius 1 is 1.41 bits per heavy atom. The number of amides is 1. The van der Waals surface area contributed by atoms with Gasteiger partial charge < -0.3 is 19.9 Å². The number of carbonyl (C=O) groups excluding carboxylic acids is 1. The highest BCUT2D eigenvalue weighted by molar-refractivity contribution is 5.94. The summed E-state index contributed by atoms with van der Waals surface area (Å²) in [4.78, 5) is 23.3. The van der Waals surface area contributed by atoms with Crippen LogP contribution in [0.25, 0.3) is 0 Å². The standard InChI is InChI=1S/C16H21NO5/c1-2-21-12-7-5-11(6-8-12)17-16(20)13(10-15(18)19)14-4-3-9-22-14/h5-8,13-14H,2-4,9-10H2,1H3,(H,17,20)(H,18,19)/t13-,14-/m0/s1. The first-order valence-corrected chi connectivity index (χ1v) is 7.47. The van der Waals surface area contributed by atoms with E-state index in [-0.39, 0.29) is 18.4 Å². The molecule has 0 radical (unpaired) electrons. The van der Waals surface area contributed by atoms with Crippen molar-refractivity contribution in [2.45, 2.75) is 32.3 Å². The van der Waals surface area contributed by atoms with Gasteiger partial charge in [-0.1, -0.05) is 0 Å². The lowest BCUT2D eigenvalue weighted by Crippen LogP contribution is -2.34. The van der Waals surface area contributed by atoms with Crippen LogP contribution in [0.15, 0.2) is 24.3 Å². The zero-order valence-electron chi connectivity index (χ0n) is 12.6. The third kappa shape index (κ3) is 4.46. The zero-order chi connectivity index (χ0) is 15.9. The average Bonchev–Trinajstić information content (AvgIpc) is 3.01. The molecule has 0 aromatic heterocycles. The Balaban J connectivity index is 2.01. The fourth-order valence-corrected chi connectivity index (χ4v) is 2.54. The van der Waals surface area contributed by atoms with E-state index in [0.717, 1.165) is 12.2 Å². The number of carbonyl (C=O) groups is 2. The van der Waals surface area contributed by atoms with E-state index in [4.69, 9.17) is 14.6 Å². The smallest absolute Gasteiger partial charge is 0.304 e. The van der Waals surface area contributed by atoms with Crippen LogP contribution >= 0.6 is 0 Å². The van der Waals surface area contributed by atoms with Crippen LogP contribution in [-0.2, 0) is 14.3 Å². The fourth-order valence-electron chi connectivity index (χ4n) is 2.54. The van der Waals surface area contributed by atoms with Gasteiger partial charge in [-0.15, -0.1) is 0 Å². The molecule has 0 bridgehead atoms. The molecule has 6 heteroatoms. The molecular formula is C16H21NO5. The van der Waals surface area contributed by atoms with Crippen LogP contribution in [0.5, 0.6) is 5.75 Å². The lowest BCUT2D eigenvalue weighted by molar-refractivity contribution is -0.142. The Kier molecular flexibility index (Phi) is 5.77. The van der Waals surface area contributed by atoms with Crippen molar-refractivity contribution in [3.05, 3.63) is 24.3 Å². The number of carboxylic acids is 1. The summed E-state index contributed by atoms with van der Waals surface area (Å²) in [6, 6.07) is 6.99. The van der Waals surface area contributed by atoms with Crippen molar-refractivity contribution in [1.82, 2.24) is 0 Å². The molecule has 0 saturated carbocycles. The molecule has 1 aliphatic heterocycles. The molecule has 2 rings (SSSR count). The van der Waals surface area contributed by atoms with Gasteiger partial charge in [-0.25, -0.2) is 0 Å². The van der Waals surface area contributed by atoms with E-state index in [1.54, 1.807) is 24.3 Å². The van der Waals surface area contributed by atoms with Gasteiger partial charge in [0.15, 0.2) is 0 Å². The minimum Gasteiger partial charge on any atom is -0.494 e. The van der Waals surface area contributed by atoms with Gasteiger partial charge in [-0.2, -0.15) is 0 Å². The molecule has 1 aromatic rings. The second kappa shape index (κ2) is 7.79. The minimum atomic E-state index is -0.998. The predicted molar refractivity (Wildman–Crippen MR) is 81.0 cm³/mol. The van der Waals surface area contributed by atoms with E-state index in [2.05, 4.69) is 5.32 Å². The number of nitrogens with one attached hydrogen (secondary N) is 1. The summed E-state index contributed by atoms with van der Waals surface area (Å²) in [7, 11) is 0. The Morgan fingerprint density at radius 3 is 2.68 bits per heavy atom. The average molecular weight is 307 g/mol. The Hall–Kier alpha value is -2.08. The lowest BCUT2D eigenvalue weighted by atomic mass is 9.95. The van der Waals surface area contributed by atoms with Crippen LogP contribution in [0.1, 0.15) is 26.2 Å². The molecule has 1 aliphatic rings. The van der Waals surface area contributed by atoms with Gasteiger partial charge in [0.05, 0.1) is 25.0 Å². The molecule has 1 amide bonds. The topological polar surface area (TPSA) is 84.9 Å². The number of hydrogen-bond donors (Lipinski definition) is 2. The van der Waals surface area contributed by atoms with E-state index in [0.29, 0.717) is 25.3 Å². The molecule has 2 atom stereocenters. The first-order chi connectivity index (χ1) is 10.6. The van der Waals surface area contributed by atoms with E-state index in [1.165, 1.54) is 0 Å². The fraction of sp³-hybridized carbons (Fsp3) is 0.500. The predicted octanol–water partition coefficient (Wildman–Crippen LogP) is 2.29. The molecule has 0 spiro atoms. The molecular weight excluding hydrogens is 286 g/mol. The molecule has 1 heterocycles. The Bertz CT molecular complexity index is 508. The third-order valence-corrected chi connectivity index (χ3v) is 3.58. The SMILES string of the molecule is CCOc1ccc(NC(=O)[C@@H](CC(=O)O)[C@@H]2CCCO2)cc1. The summed E-state index contributed by atoms with van der Waals surface area (Å²) in [5.41, 5.74) is 0.613. The Morgan fingerprint density at radius 2 is 2.14 bits per heavy atom. The molecule has 1 fully saturated rings. The highest BCUT2D eigenvalue weighted by atomic mass is 16.5. The van der Waals surface area contributed by atoms with Gasteiger partial charge >= 0.3 is 5.97 Å². The highest BCUT2D eigenvalue weighted by Crippen LogP contribution is 2.25. The molecule has 2 N–H and O–H groups in total. The van der Waals surface area contributed by atoms with Gasteiger partial charge in [0.25, 0.3) is 0 Å². The van der Waals surface area contributed by atoms with Crippen molar-refractivity contribution in [3.8, 4) is 5.75 Å². The molecule has 1 saturated heterocycles. The summed E-state index contributed by atoms with van der Waals surface area (Å²) in [6.07, 6.45) is 1.03. The molecule has 1 aromatic carbocycles. The largest absolute Gasteiger partial charge is 0.494 e. The minimum absolute atomic E-state index is 0.229. The second-order valence-corrected chi connectivity index (χ2v) is 5.20. The maximum Gasteiger partial charge on any atom is 0.304 e. The van der Waals surface area contributed by atoms with Crippen molar-refractivity contribution in [2.75, 3.05) is 18.5 Å². The second-order valence-electron chi connectivity index (χ2n) is 5.20. The van der Waals surface area contributed by atoms with Crippen molar-refractivity contribution in [1.29, 1.82) is 0 Å². The number of carboxylic acid groups (broad SMARTS) is 1. The van der Waals surface area contributed by atoms with Gasteiger partial charge in [0.2, 0.25) is 5.91 Å². The van der Waals surface area contributed by atoms with Crippen LogP contribution in [0.2, 0.25) is 0 Å². The monoisotopic (exact) mass is 307 g/mol.